The quantitative estimate of drug-likeness (QED) is 0.823. The van der Waals surface area contributed by atoms with Gasteiger partial charge in [-0.15, -0.1) is 0 Å². The molecule has 0 radical (unpaired) electrons. The van der Waals surface area contributed by atoms with Gasteiger partial charge in [0.15, 0.2) is 6.61 Å². The van der Waals surface area contributed by atoms with Crippen LogP contribution in [0.2, 0.25) is 0 Å². The maximum atomic E-state index is 11.8. The van der Waals surface area contributed by atoms with E-state index >= 15 is 0 Å². The predicted octanol–water partition coefficient (Wildman–Crippen LogP) is 2.18. The van der Waals surface area contributed by atoms with Crippen LogP contribution in [-0.4, -0.2) is 30.2 Å². The molecule has 2 aromatic rings. The summed E-state index contributed by atoms with van der Waals surface area (Å²) in [6.45, 7) is 3.57. The third-order valence-electron chi connectivity index (χ3n) is 2.62. The summed E-state index contributed by atoms with van der Waals surface area (Å²) in [6, 6.07) is 8.44. The Bertz CT molecular complexity index is 665. The minimum absolute atomic E-state index is 0.0417. The highest BCUT2D eigenvalue weighted by Gasteiger charge is 2.15. The molecule has 7 heteroatoms. The lowest BCUT2D eigenvalue weighted by Gasteiger charge is -2.11. The zero-order valence-corrected chi connectivity index (χ0v) is 12.3. The Morgan fingerprint density at radius 1 is 1.32 bits per heavy atom. The zero-order chi connectivity index (χ0) is 15.9. The second-order valence-corrected chi connectivity index (χ2v) is 4.39. The number of aryl methyl sites for hydroxylation is 1. The monoisotopic (exact) mass is 304 g/mol. The van der Waals surface area contributed by atoms with Crippen LogP contribution >= 0.6 is 0 Å². The van der Waals surface area contributed by atoms with Gasteiger partial charge in [0, 0.05) is 6.07 Å². The minimum atomic E-state index is -0.742. The van der Waals surface area contributed by atoms with Gasteiger partial charge in [0.25, 0.3) is 5.91 Å². The number of ether oxygens (including phenoxy) is 2. The molecule has 7 nitrogen and oxygen atoms in total. The Labute approximate surface area is 127 Å². The molecule has 1 N–H and O–H groups in total. The molecule has 0 aliphatic carbocycles. The van der Waals surface area contributed by atoms with Crippen molar-refractivity contribution in [1.29, 1.82) is 0 Å². The van der Waals surface area contributed by atoms with E-state index in [1.807, 2.05) is 6.92 Å². The number of rotatable bonds is 6. The number of carbonyl (C=O) groups is 2. The third kappa shape index (κ3) is 4.08. The van der Waals surface area contributed by atoms with Gasteiger partial charge in [-0.1, -0.05) is 17.3 Å². The molecule has 1 heterocycles. The average Bonchev–Trinajstić information content (AvgIpc) is 2.94. The lowest BCUT2D eigenvalue weighted by Crippen LogP contribution is -2.21. The van der Waals surface area contributed by atoms with E-state index in [1.54, 1.807) is 31.2 Å². The molecule has 2 rings (SSSR count). The van der Waals surface area contributed by atoms with E-state index in [2.05, 4.69) is 10.5 Å². The molecule has 1 amide bonds. The van der Waals surface area contributed by atoms with E-state index in [0.29, 0.717) is 23.7 Å². The Balaban J connectivity index is 1.89. The number of benzene rings is 1. The highest BCUT2D eigenvalue weighted by atomic mass is 16.6. The molecule has 0 atom stereocenters. The summed E-state index contributed by atoms with van der Waals surface area (Å²) in [6.07, 6.45) is 0. The summed E-state index contributed by atoms with van der Waals surface area (Å²) in [5, 5.41) is 6.19. The van der Waals surface area contributed by atoms with Crippen LogP contribution in [0.3, 0.4) is 0 Å². The maximum absolute atomic E-state index is 11.8. The molecule has 22 heavy (non-hydrogen) atoms. The number of esters is 1. The van der Waals surface area contributed by atoms with Crippen LogP contribution in [0.25, 0.3) is 0 Å². The van der Waals surface area contributed by atoms with E-state index in [-0.39, 0.29) is 5.76 Å². The topological polar surface area (TPSA) is 90.7 Å². The van der Waals surface area contributed by atoms with Gasteiger partial charge in [-0.3, -0.25) is 4.79 Å². The highest BCUT2D eigenvalue weighted by molar-refractivity contribution is 5.95. The lowest BCUT2D eigenvalue weighted by molar-refractivity contribution is -0.119. The summed E-state index contributed by atoms with van der Waals surface area (Å²) in [5.41, 5.74) is 1.07. The van der Waals surface area contributed by atoms with E-state index in [9.17, 15) is 9.59 Å². The van der Waals surface area contributed by atoms with Crippen LogP contribution in [0.4, 0.5) is 5.69 Å². The highest BCUT2D eigenvalue weighted by Crippen LogP contribution is 2.23. The number of carbonyl (C=O) groups excluding carboxylic acids is 2. The van der Waals surface area contributed by atoms with Crippen molar-refractivity contribution in [1.82, 2.24) is 5.16 Å². The van der Waals surface area contributed by atoms with Crippen molar-refractivity contribution in [3.8, 4) is 5.75 Å². The Morgan fingerprint density at radius 2 is 2.09 bits per heavy atom. The zero-order valence-electron chi connectivity index (χ0n) is 12.3. The number of anilines is 1. The summed E-state index contributed by atoms with van der Waals surface area (Å²) < 4.78 is 15.0. The van der Waals surface area contributed by atoms with Gasteiger partial charge in [0.2, 0.25) is 5.76 Å². The number of amides is 1. The van der Waals surface area contributed by atoms with Crippen molar-refractivity contribution in [2.75, 3.05) is 18.5 Å². The number of nitrogens with one attached hydrogen (secondary N) is 1. The minimum Gasteiger partial charge on any atom is -0.492 e. The molecular formula is C15H16N2O5. The van der Waals surface area contributed by atoms with Crippen molar-refractivity contribution in [3.05, 3.63) is 41.8 Å². The summed E-state index contributed by atoms with van der Waals surface area (Å²) in [5.74, 6) is -0.707. The molecule has 116 valence electrons. The van der Waals surface area contributed by atoms with Crippen LogP contribution in [0.15, 0.2) is 34.9 Å². The molecule has 0 unspecified atom stereocenters. The van der Waals surface area contributed by atoms with E-state index in [0.717, 1.165) is 0 Å². The first-order valence-corrected chi connectivity index (χ1v) is 6.72. The fourth-order valence-electron chi connectivity index (χ4n) is 1.70. The molecule has 0 spiro atoms. The van der Waals surface area contributed by atoms with Gasteiger partial charge in [-0.2, -0.15) is 0 Å². The second-order valence-electron chi connectivity index (χ2n) is 4.39. The molecule has 0 aliphatic rings. The second kappa shape index (κ2) is 7.26. The Kier molecular flexibility index (Phi) is 5.13. The molecule has 1 aromatic heterocycles. The Morgan fingerprint density at radius 3 is 2.77 bits per heavy atom. The van der Waals surface area contributed by atoms with Crippen molar-refractivity contribution in [2.45, 2.75) is 13.8 Å². The summed E-state index contributed by atoms with van der Waals surface area (Å²) in [4.78, 5) is 23.4. The van der Waals surface area contributed by atoms with Gasteiger partial charge in [0.1, 0.15) is 5.75 Å². The van der Waals surface area contributed by atoms with Gasteiger partial charge >= 0.3 is 5.97 Å². The first-order valence-electron chi connectivity index (χ1n) is 6.72. The predicted molar refractivity (Wildman–Crippen MR) is 77.8 cm³/mol. The van der Waals surface area contributed by atoms with Gasteiger partial charge in [-0.25, -0.2) is 4.79 Å². The van der Waals surface area contributed by atoms with Gasteiger partial charge in [-0.05, 0) is 26.0 Å². The number of hydrogen-bond acceptors (Lipinski definition) is 6. The first-order chi connectivity index (χ1) is 10.6. The molecule has 0 fully saturated rings. The van der Waals surface area contributed by atoms with Crippen LogP contribution < -0.4 is 10.1 Å². The normalized spacial score (nSPS) is 10.1. The maximum Gasteiger partial charge on any atom is 0.377 e. The number of nitrogens with zero attached hydrogens (tertiary/aromatic N) is 1. The third-order valence-corrected chi connectivity index (χ3v) is 2.62. The number of aromatic nitrogens is 1. The average molecular weight is 304 g/mol. The van der Waals surface area contributed by atoms with Crippen LogP contribution in [-0.2, 0) is 9.53 Å². The van der Waals surface area contributed by atoms with Crippen molar-refractivity contribution in [3.63, 3.8) is 0 Å². The molecular weight excluding hydrogens is 288 g/mol. The number of para-hydroxylation sites is 2. The smallest absolute Gasteiger partial charge is 0.377 e. The molecule has 0 saturated carbocycles. The fourth-order valence-corrected chi connectivity index (χ4v) is 1.70. The van der Waals surface area contributed by atoms with Crippen LogP contribution in [0, 0.1) is 6.92 Å². The molecule has 0 aliphatic heterocycles. The molecule has 0 saturated heterocycles. The van der Waals surface area contributed by atoms with E-state index in [4.69, 9.17) is 14.0 Å². The van der Waals surface area contributed by atoms with E-state index < -0.39 is 18.5 Å². The van der Waals surface area contributed by atoms with E-state index in [1.165, 1.54) is 6.07 Å². The standard InChI is InChI=1S/C15H16N2O5/c1-3-20-12-7-5-4-6-11(12)16-14(18)9-21-15(19)13-8-10(2)17-22-13/h4-8H,3,9H2,1-2H3,(H,16,18). The lowest BCUT2D eigenvalue weighted by atomic mass is 10.3. The van der Waals surface area contributed by atoms with Crippen molar-refractivity contribution in [2.24, 2.45) is 0 Å². The van der Waals surface area contributed by atoms with Gasteiger partial charge < -0.3 is 19.3 Å². The van der Waals surface area contributed by atoms with Crippen molar-refractivity contribution >= 4 is 17.6 Å². The van der Waals surface area contributed by atoms with Crippen LogP contribution in [0.5, 0.6) is 5.75 Å². The van der Waals surface area contributed by atoms with Crippen LogP contribution in [0.1, 0.15) is 23.2 Å². The number of hydrogen-bond donors (Lipinski definition) is 1. The SMILES string of the molecule is CCOc1ccccc1NC(=O)COC(=O)c1cc(C)no1. The largest absolute Gasteiger partial charge is 0.492 e. The Hall–Kier alpha value is -2.83. The fraction of sp³-hybridized carbons (Fsp3) is 0.267. The first kappa shape index (κ1) is 15.6. The summed E-state index contributed by atoms with van der Waals surface area (Å²) >= 11 is 0. The molecule has 0 bridgehead atoms. The summed E-state index contributed by atoms with van der Waals surface area (Å²) in [7, 11) is 0. The van der Waals surface area contributed by atoms with Crippen molar-refractivity contribution < 1.29 is 23.6 Å². The van der Waals surface area contributed by atoms with Gasteiger partial charge in [0.05, 0.1) is 18.0 Å². The molecule has 1 aromatic carbocycles.